The molecule has 1 aromatic rings. The summed E-state index contributed by atoms with van der Waals surface area (Å²) in [5.41, 5.74) is 0.981. The van der Waals surface area contributed by atoms with Crippen molar-refractivity contribution < 1.29 is 4.79 Å². The predicted molar refractivity (Wildman–Crippen MR) is 75.7 cm³/mol. The lowest BCUT2D eigenvalue weighted by Crippen LogP contribution is -2.42. The van der Waals surface area contributed by atoms with Gasteiger partial charge in [-0.25, -0.2) is 4.98 Å². The molecule has 18 heavy (non-hydrogen) atoms. The third-order valence-corrected chi connectivity index (χ3v) is 4.21. The molecule has 0 saturated carbocycles. The van der Waals surface area contributed by atoms with Gasteiger partial charge in [-0.05, 0) is 47.8 Å². The molecule has 0 radical (unpaired) electrons. The van der Waals surface area contributed by atoms with Gasteiger partial charge in [-0.1, -0.05) is 0 Å². The number of pyridine rings is 1. The van der Waals surface area contributed by atoms with E-state index in [1.807, 2.05) is 19.1 Å². The number of carbonyl (C=O) groups excluding carboxylic acids is 1. The summed E-state index contributed by atoms with van der Waals surface area (Å²) in [5.74, 6) is 1.17. The van der Waals surface area contributed by atoms with E-state index < -0.39 is 0 Å². The van der Waals surface area contributed by atoms with Gasteiger partial charge in [0.1, 0.15) is 5.82 Å². The van der Waals surface area contributed by atoms with Crippen molar-refractivity contribution in [3.8, 4) is 0 Å². The Morgan fingerprint density at radius 1 is 1.56 bits per heavy atom. The molecule has 0 bridgehead atoms. The Morgan fingerprint density at radius 3 is 3.00 bits per heavy atom. The van der Waals surface area contributed by atoms with E-state index in [1.54, 1.807) is 7.05 Å². The quantitative estimate of drug-likeness (QED) is 0.910. The van der Waals surface area contributed by atoms with Crippen LogP contribution in [0.15, 0.2) is 16.6 Å². The first-order valence-corrected chi connectivity index (χ1v) is 7.01. The lowest BCUT2D eigenvalue weighted by atomic mass is 9.97. The van der Waals surface area contributed by atoms with E-state index in [0.29, 0.717) is 0 Å². The molecule has 2 rings (SSSR count). The van der Waals surface area contributed by atoms with Gasteiger partial charge in [0.2, 0.25) is 5.91 Å². The van der Waals surface area contributed by atoms with E-state index in [9.17, 15) is 4.79 Å². The van der Waals surface area contributed by atoms with Gasteiger partial charge in [0.15, 0.2) is 0 Å². The number of rotatable bonds is 2. The van der Waals surface area contributed by atoms with Crippen LogP contribution in [-0.2, 0) is 4.79 Å². The molecule has 1 atom stereocenters. The fourth-order valence-electron chi connectivity index (χ4n) is 2.31. The van der Waals surface area contributed by atoms with E-state index in [0.717, 1.165) is 41.9 Å². The number of nitrogens with zero attached hydrogens (tertiary/aromatic N) is 2. The van der Waals surface area contributed by atoms with Crippen LogP contribution in [0.3, 0.4) is 0 Å². The molecule has 4 nitrogen and oxygen atoms in total. The fraction of sp³-hybridized carbons (Fsp3) is 0.538. The number of hydrogen-bond donors (Lipinski definition) is 1. The number of piperidine rings is 1. The van der Waals surface area contributed by atoms with Gasteiger partial charge in [0, 0.05) is 24.6 Å². The summed E-state index contributed by atoms with van der Waals surface area (Å²) in [4.78, 5) is 18.5. The molecule has 1 saturated heterocycles. The van der Waals surface area contributed by atoms with Crippen LogP contribution in [-0.4, -0.2) is 31.0 Å². The highest BCUT2D eigenvalue weighted by atomic mass is 79.9. The lowest BCUT2D eigenvalue weighted by molar-refractivity contribution is -0.124. The second-order valence-corrected chi connectivity index (χ2v) is 5.49. The van der Waals surface area contributed by atoms with E-state index in [2.05, 4.69) is 31.1 Å². The zero-order valence-electron chi connectivity index (χ0n) is 10.7. The molecule has 1 fully saturated rings. The van der Waals surface area contributed by atoms with Gasteiger partial charge >= 0.3 is 0 Å². The predicted octanol–water partition coefficient (Wildman–Crippen LogP) is 2.11. The first kappa shape index (κ1) is 13.3. The molecular formula is C13H18BrN3O. The number of anilines is 1. The minimum absolute atomic E-state index is 0.0782. The third-order valence-electron chi connectivity index (χ3n) is 3.37. The molecule has 0 spiro atoms. The maximum absolute atomic E-state index is 11.7. The second kappa shape index (κ2) is 5.69. The van der Waals surface area contributed by atoms with Crippen molar-refractivity contribution in [2.75, 3.05) is 25.0 Å². The van der Waals surface area contributed by atoms with Gasteiger partial charge in [0.05, 0.1) is 11.6 Å². The molecule has 98 valence electrons. The van der Waals surface area contributed by atoms with Crippen LogP contribution in [0.2, 0.25) is 0 Å². The van der Waals surface area contributed by atoms with Crippen LogP contribution in [0.1, 0.15) is 18.5 Å². The second-order valence-electron chi connectivity index (χ2n) is 4.64. The molecule has 1 amide bonds. The Hall–Kier alpha value is -1.10. The zero-order valence-corrected chi connectivity index (χ0v) is 12.3. The highest BCUT2D eigenvalue weighted by Crippen LogP contribution is 2.24. The number of aromatic nitrogens is 1. The maximum atomic E-state index is 11.7. The van der Waals surface area contributed by atoms with Crippen LogP contribution in [0.5, 0.6) is 0 Å². The molecule has 2 heterocycles. The largest absolute Gasteiger partial charge is 0.359 e. The number of halogens is 1. The molecule has 1 aliphatic heterocycles. The smallest absolute Gasteiger partial charge is 0.224 e. The van der Waals surface area contributed by atoms with Crippen LogP contribution in [0, 0.1) is 12.8 Å². The van der Waals surface area contributed by atoms with E-state index >= 15 is 0 Å². The molecule has 1 aromatic heterocycles. The average molecular weight is 312 g/mol. The number of carbonyl (C=O) groups is 1. The molecule has 1 N–H and O–H groups in total. The minimum atomic E-state index is 0.0782. The molecule has 0 aromatic carbocycles. The van der Waals surface area contributed by atoms with Crippen molar-refractivity contribution in [2.24, 2.45) is 5.92 Å². The van der Waals surface area contributed by atoms with Crippen molar-refractivity contribution in [3.63, 3.8) is 0 Å². The Labute approximate surface area is 116 Å². The van der Waals surface area contributed by atoms with Crippen LogP contribution in [0.25, 0.3) is 0 Å². The fourth-order valence-corrected chi connectivity index (χ4v) is 2.53. The SMILES string of the molecule is CNC(=O)C1CCCN(c2ccc(Br)c(C)n2)C1. The zero-order chi connectivity index (χ0) is 13.1. The van der Waals surface area contributed by atoms with E-state index in [-0.39, 0.29) is 11.8 Å². The first-order chi connectivity index (χ1) is 8.61. The Balaban J connectivity index is 2.13. The van der Waals surface area contributed by atoms with Gasteiger partial charge in [0.25, 0.3) is 0 Å². The first-order valence-electron chi connectivity index (χ1n) is 6.21. The minimum Gasteiger partial charge on any atom is -0.359 e. The molecular weight excluding hydrogens is 294 g/mol. The Kier molecular flexibility index (Phi) is 4.22. The lowest BCUT2D eigenvalue weighted by Gasteiger charge is -2.32. The van der Waals surface area contributed by atoms with Gasteiger partial charge in [-0.15, -0.1) is 0 Å². The molecule has 1 aliphatic rings. The standard InChI is InChI=1S/C13H18BrN3O/c1-9-11(14)5-6-12(16-9)17-7-3-4-10(8-17)13(18)15-2/h5-6,10H,3-4,7-8H2,1-2H3,(H,15,18). The monoisotopic (exact) mass is 311 g/mol. The van der Waals surface area contributed by atoms with Crippen molar-refractivity contribution in [1.82, 2.24) is 10.3 Å². The van der Waals surface area contributed by atoms with Gasteiger partial charge in [-0.3, -0.25) is 4.79 Å². The third kappa shape index (κ3) is 2.83. The summed E-state index contributed by atoms with van der Waals surface area (Å²) >= 11 is 3.45. The van der Waals surface area contributed by atoms with Crippen LogP contribution in [0.4, 0.5) is 5.82 Å². The van der Waals surface area contributed by atoms with Gasteiger partial charge < -0.3 is 10.2 Å². The summed E-state index contributed by atoms with van der Waals surface area (Å²) in [6, 6.07) is 4.02. The number of amides is 1. The topological polar surface area (TPSA) is 45.2 Å². The summed E-state index contributed by atoms with van der Waals surface area (Å²) in [5, 5.41) is 2.73. The number of aryl methyl sites for hydroxylation is 1. The van der Waals surface area contributed by atoms with E-state index in [4.69, 9.17) is 0 Å². The van der Waals surface area contributed by atoms with Crippen molar-refractivity contribution >= 4 is 27.7 Å². The van der Waals surface area contributed by atoms with Crippen molar-refractivity contribution in [2.45, 2.75) is 19.8 Å². The summed E-state index contributed by atoms with van der Waals surface area (Å²) < 4.78 is 1.02. The Morgan fingerprint density at radius 2 is 2.33 bits per heavy atom. The van der Waals surface area contributed by atoms with E-state index in [1.165, 1.54) is 0 Å². The van der Waals surface area contributed by atoms with Gasteiger partial charge in [-0.2, -0.15) is 0 Å². The maximum Gasteiger partial charge on any atom is 0.224 e. The summed E-state index contributed by atoms with van der Waals surface area (Å²) in [7, 11) is 1.70. The van der Waals surface area contributed by atoms with Crippen LogP contribution >= 0.6 is 15.9 Å². The van der Waals surface area contributed by atoms with Crippen molar-refractivity contribution in [3.05, 3.63) is 22.3 Å². The molecule has 1 unspecified atom stereocenters. The molecule has 0 aliphatic carbocycles. The highest BCUT2D eigenvalue weighted by Gasteiger charge is 2.25. The summed E-state index contributed by atoms with van der Waals surface area (Å²) in [6.45, 7) is 3.71. The Bertz CT molecular complexity index is 450. The molecule has 5 heteroatoms. The van der Waals surface area contributed by atoms with Crippen LogP contribution < -0.4 is 10.2 Å². The number of hydrogen-bond acceptors (Lipinski definition) is 3. The number of nitrogens with one attached hydrogen (secondary N) is 1. The average Bonchev–Trinajstić information content (AvgIpc) is 2.41. The normalized spacial score (nSPS) is 19.7. The van der Waals surface area contributed by atoms with Crippen molar-refractivity contribution in [1.29, 1.82) is 0 Å². The summed E-state index contributed by atoms with van der Waals surface area (Å²) in [6.07, 6.45) is 2.00. The highest BCUT2D eigenvalue weighted by molar-refractivity contribution is 9.10.